The molecule has 2 aromatic carbocycles. The van der Waals surface area contributed by atoms with Gasteiger partial charge in [0.25, 0.3) is 5.91 Å². The number of rotatable bonds is 7. The summed E-state index contributed by atoms with van der Waals surface area (Å²) < 4.78 is 5.17. The lowest BCUT2D eigenvalue weighted by Crippen LogP contribution is -2.35. The smallest absolute Gasteiger partial charge is 0.317 e. The normalized spacial score (nSPS) is 11.6. The van der Waals surface area contributed by atoms with Gasteiger partial charge in [0.2, 0.25) is 0 Å². The minimum Gasteiger partial charge on any atom is -0.452 e. The van der Waals surface area contributed by atoms with Crippen molar-refractivity contribution in [3.05, 3.63) is 65.7 Å². The maximum atomic E-state index is 12.0. The molecule has 1 amide bonds. The molecule has 2 rings (SSSR count). The van der Waals surface area contributed by atoms with E-state index in [4.69, 9.17) is 4.74 Å². The maximum Gasteiger partial charge on any atom is 0.317 e. The molecule has 1 N–H and O–H groups in total. The first-order chi connectivity index (χ1) is 11.5. The van der Waals surface area contributed by atoms with Crippen molar-refractivity contribution >= 4 is 23.6 Å². The van der Waals surface area contributed by atoms with E-state index in [-0.39, 0.29) is 11.7 Å². The molecule has 5 heteroatoms. The number of carbonyl (C=O) groups is 2. The van der Waals surface area contributed by atoms with Crippen molar-refractivity contribution in [2.24, 2.45) is 0 Å². The Labute approximate surface area is 146 Å². The summed E-state index contributed by atoms with van der Waals surface area (Å²) in [5.41, 5.74) is 2.18. The fourth-order valence-corrected chi connectivity index (χ4v) is 2.68. The Balaban J connectivity index is 1.72. The van der Waals surface area contributed by atoms with Crippen LogP contribution in [0, 0.1) is 6.92 Å². The lowest BCUT2D eigenvalue weighted by atomic mass is 10.1. The molecule has 0 aliphatic heterocycles. The van der Waals surface area contributed by atoms with Gasteiger partial charge in [-0.25, -0.2) is 0 Å². The van der Waals surface area contributed by atoms with E-state index in [1.165, 1.54) is 17.3 Å². The van der Waals surface area contributed by atoms with Gasteiger partial charge in [-0.05, 0) is 31.5 Å². The molecule has 0 aliphatic rings. The fourth-order valence-electron chi connectivity index (χ4n) is 1.98. The molecule has 0 heterocycles. The number of thioether (sulfide) groups is 1. The van der Waals surface area contributed by atoms with Crippen LogP contribution >= 0.6 is 11.8 Å². The van der Waals surface area contributed by atoms with Crippen LogP contribution in [0.2, 0.25) is 0 Å². The average molecular weight is 343 g/mol. The van der Waals surface area contributed by atoms with Crippen molar-refractivity contribution in [2.45, 2.75) is 31.4 Å². The van der Waals surface area contributed by atoms with Crippen LogP contribution in [0.5, 0.6) is 0 Å². The summed E-state index contributed by atoms with van der Waals surface area (Å²) in [5.74, 6) is -0.518. The number of hydrogen-bond acceptors (Lipinski definition) is 4. The monoisotopic (exact) mass is 343 g/mol. The third-order valence-corrected chi connectivity index (χ3v) is 4.35. The second-order valence-corrected chi connectivity index (χ2v) is 6.49. The first-order valence-electron chi connectivity index (χ1n) is 7.75. The SMILES string of the molecule is Cc1ccc(CNC(=O)[C@H](C)OC(=O)CSc2ccccc2)cc1. The second-order valence-electron chi connectivity index (χ2n) is 5.44. The van der Waals surface area contributed by atoms with E-state index in [0.717, 1.165) is 10.5 Å². The molecule has 126 valence electrons. The lowest BCUT2D eigenvalue weighted by Gasteiger charge is -2.13. The van der Waals surface area contributed by atoms with E-state index in [9.17, 15) is 9.59 Å². The van der Waals surface area contributed by atoms with Crippen molar-refractivity contribution < 1.29 is 14.3 Å². The van der Waals surface area contributed by atoms with Gasteiger partial charge in [-0.2, -0.15) is 0 Å². The lowest BCUT2D eigenvalue weighted by molar-refractivity contribution is -0.152. The first kappa shape index (κ1) is 18.1. The molecule has 0 aromatic heterocycles. The number of aryl methyl sites for hydroxylation is 1. The molecule has 0 bridgehead atoms. The van der Waals surface area contributed by atoms with Gasteiger partial charge in [0, 0.05) is 11.4 Å². The molecule has 0 saturated heterocycles. The minimum atomic E-state index is -0.806. The van der Waals surface area contributed by atoms with Gasteiger partial charge < -0.3 is 10.1 Å². The molecule has 24 heavy (non-hydrogen) atoms. The Morgan fingerprint density at radius 3 is 2.42 bits per heavy atom. The minimum absolute atomic E-state index is 0.180. The van der Waals surface area contributed by atoms with Gasteiger partial charge in [-0.1, -0.05) is 48.0 Å². The average Bonchev–Trinajstić information content (AvgIpc) is 2.60. The Kier molecular flexibility index (Phi) is 6.88. The largest absolute Gasteiger partial charge is 0.452 e. The zero-order valence-corrected chi connectivity index (χ0v) is 14.6. The molecule has 0 unspecified atom stereocenters. The molecule has 0 fully saturated rings. The van der Waals surface area contributed by atoms with Crippen LogP contribution in [-0.4, -0.2) is 23.7 Å². The van der Waals surface area contributed by atoms with Crippen LogP contribution in [-0.2, 0) is 20.9 Å². The molecule has 4 nitrogen and oxygen atoms in total. The highest BCUT2D eigenvalue weighted by atomic mass is 32.2. The summed E-state index contributed by atoms with van der Waals surface area (Å²) >= 11 is 1.39. The molecule has 0 aliphatic carbocycles. The molecule has 0 radical (unpaired) electrons. The predicted molar refractivity (Wildman–Crippen MR) is 95.7 cm³/mol. The summed E-state index contributed by atoms with van der Waals surface area (Å²) in [4.78, 5) is 24.8. The summed E-state index contributed by atoms with van der Waals surface area (Å²) in [5, 5.41) is 2.77. The van der Waals surface area contributed by atoms with Crippen LogP contribution in [0.3, 0.4) is 0 Å². The van der Waals surface area contributed by atoms with Crippen molar-refractivity contribution in [3.63, 3.8) is 0 Å². The second kappa shape index (κ2) is 9.13. The summed E-state index contributed by atoms with van der Waals surface area (Å²) in [6.45, 7) is 4.01. The molecule has 0 saturated carbocycles. The van der Waals surface area contributed by atoms with E-state index in [0.29, 0.717) is 6.54 Å². The topological polar surface area (TPSA) is 55.4 Å². The Bertz CT molecular complexity index is 671. The predicted octanol–water partition coefficient (Wildman–Crippen LogP) is 3.34. The Hall–Kier alpha value is -2.27. The van der Waals surface area contributed by atoms with Crippen LogP contribution in [0.25, 0.3) is 0 Å². The number of carbonyl (C=O) groups excluding carboxylic acids is 2. The van der Waals surface area contributed by atoms with Crippen LogP contribution in [0.15, 0.2) is 59.5 Å². The quantitative estimate of drug-likeness (QED) is 0.619. The molecular formula is C19H21NO3S. The highest BCUT2D eigenvalue weighted by Gasteiger charge is 2.17. The van der Waals surface area contributed by atoms with Crippen LogP contribution in [0.1, 0.15) is 18.1 Å². The Morgan fingerprint density at radius 1 is 1.08 bits per heavy atom. The Morgan fingerprint density at radius 2 is 1.75 bits per heavy atom. The van der Waals surface area contributed by atoms with Crippen molar-refractivity contribution in [1.82, 2.24) is 5.32 Å². The number of nitrogens with one attached hydrogen (secondary N) is 1. The zero-order chi connectivity index (χ0) is 17.4. The summed E-state index contributed by atoms with van der Waals surface area (Å²) in [6, 6.07) is 17.5. The first-order valence-corrected chi connectivity index (χ1v) is 8.74. The highest BCUT2D eigenvalue weighted by Crippen LogP contribution is 2.17. The summed E-state index contributed by atoms with van der Waals surface area (Å²) in [7, 11) is 0. The van der Waals surface area contributed by atoms with Gasteiger partial charge in [0.1, 0.15) is 0 Å². The molecule has 1 atom stereocenters. The number of amides is 1. The van der Waals surface area contributed by atoms with E-state index in [2.05, 4.69) is 5.32 Å². The summed E-state index contributed by atoms with van der Waals surface area (Å²) in [6.07, 6.45) is -0.806. The number of ether oxygens (including phenoxy) is 1. The van der Waals surface area contributed by atoms with E-state index >= 15 is 0 Å². The maximum absolute atomic E-state index is 12.0. The third-order valence-electron chi connectivity index (χ3n) is 3.36. The number of hydrogen-bond donors (Lipinski definition) is 1. The van der Waals surface area contributed by atoms with Crippen LogP contribution < -0.4 is 5.32 Å². The van der Waals surface area contributed by atoms with Gasteiger partial charge in [0.15, 0.2) is 6.10 Å². The number of benzene rings is 2. The third kappa shape index (κ3) is 6.08. The van der Waals surface area contributed by atoms with Crippen molar-refractivity contribution in [1.29, 1.82) is 0 Å². The van der Waals surface area contributed by atoms with E-state index in [1.54, 1.807) is 6.92 Å². The zero-order valence-electron chi connectivity index (χ0n) is 13.8. The van der Waals surface area contributed by atoms with Gasteiger partial charge in [-0.15, -0.1) is 11.8 Å². The van der Waals surface area contributed by atoms with Gasteiger partial charge >= 0.3 is 5.97 Å². The van der Waals surface area contributed by atoms with E-state index < -0.39 is 12.1 Å². The molecule has 2 aromatic rings. The van der Waals surface area contributed by atoms with Crippen LogP contribution in [0.4, 0.5) is 0 Å². The van der Waals surface area contributed by atoms with Crippen molar-refractivity contribution in [2.75, 3.05) is 5.75 Å². The van der Waals surface area contributed by atoms with Gasteiger partial charge in [-0.3, -0.25) is 9.59 Å². The molecular weight excluding hydrogens is 322 g/mol. The number of esters is 1. The van der Waals surface area contributed by atoms with Gasteiger partial charge in [0.05, 0.1) is 5.75 Å². The fraction of sp³-hybridized carbons (Fsp3) is 0.263. The highest BCUT2D eigenvalue weighted by molar-refractivity contribution is 8.00. The molecule has 0 spiro atoms. The van der Waals surface area contributed by atoms with Crippen molar-refractivity contribution in [3.8, 4) is 0 Å². The standard InChI is InChI=1S/C19H21NO3S/c1-14-8-10-16(11-9-14)12-20-19(22)15(2)23-18(21)13-24-17-6-4-3-5-7-17/h3-11,15H,12-13H2,1-2H3,(H,20,22)/t15-/m0/s1. The van der Waals surface area contributed by atoms with E-state index in [1.807, 2.05) is 61.5 Å².